The Morgan fingerprint density at radius 1 is 0.938 bits per heavy atom. The van der Waals surface area contributed by atoms with Crippen LogP contribution in [0.3, 0.4) is 0 Å². The summed E-state index contributed by atoms with van der Waals surface area (Å²) in [5, 5.41) is 8.13. The van der Waals surface area contributed by atoms with E-state index in [1.807, 2.05) is 26.8 Å². The van der Waals surface area contributed by atoms with Crippen molar-refractivity contribution in [3.63, 3.8) is 0 Å². The molecule has 2 atom stereocenters. The van der Waals surface area contributed by atoms with E-state index in [2.05, 4.69) is 4.74 Å². The maximum Gasteiger partial charge on any atom is 0.342 e. The molecule has 0 fully saturated rings. The maximum absolute atomic E-state index is 11.8. The fourth-order valence-corrected chi connectivity index (χ4v) is 1.96. The molecule has 176 valence electrons. The molecule has 1 rings (SSSR count). The number of benzene rings is 1. The molecule has 0 aromatic heterocycles. The van der Waals surface area contributed by atoms with E-state index in [-0.39, 0.29) is 67.8 Å². The first-order valence-electron chi connectivity index (χ1n) is 10.4. The van der Waals surface area contributed by atoms with Crippen LogP contribution in [-0.2, 0) is 28.6 Å². The van der Waals surface area contributed by atoms with Gasteiger partial charge in [-0.25, -0.2) is 4.79 Å². The molecule has 32 heavy (non-hydrogen) atoms. The Morgan fingerprint density at radius 2 is 1.47 bits per heavy atom. The molecule has 0 saturated carbocycles. The highest BCUT2D eigenvalue weighted by molar-refractivity contribution is 5.92. The number of carbonyl (C=O) groups is 4. The first kappa shape index (κ1) is 28.6. The highest BCUT2D eigenvalue weighted by Gasteiger charge is 2.15. The van der Waals surface area contributed by atoms with Gasteiger partial charge in [0.2, 0.25) is 0 Å². The minimum absolute atomic E-state index is 0.00832. The summed E-state index contributed by atoms with van der Waals surface area (Å²) in [6.07, 6.45) is 1.75. The molecule has 9 heteroatoms. The molecular weight excluding hydrogens is 418 g/mol. The topological polar surface area (TPSA) is 129 Å². The third-order valence-electron chi connectivity index (χ3n) is 4.33. The number of hydrogen-bond donors (Lipinski definition) is 0. The number of para-hydroxylation sites is 1. The van der Waals surface area contributed by atoms with Gasteiger partial charge in [-0.05, 0) is 25.0 Å². The lowest BCUT2D eigenvalue weighted by Crippen LogP contribution is -2.18. The van der Waals surface area contributed by atoms with E-state index < -0.39 is 5.97 Å². The molecule has 0 amide bonds. The summed E-state index contributed by atoms with van der Waals surface area (Å²) in [6, 6.07) is 8.11. The van der Waals surface area contributed by atoms with Crippen LogP contribution in [0.2, 0.25) is 0 Å². The van der Waals surface area contributed by atoms with Gasteiger partial charge in [-0.15, -0.1) is 0 Å². The summed E-state index contributed by atoms with van der Waals surface area (Å²) in [5.41, 5.74) is 0.137. The van der Waals surface area contributed by atoms with E-state index in [4.69, 9.17) is 19.5 Å². The van der Waals surface area contributed by atoms with Crippen molar-refractivity contribution in [2.45, 2.75) is 47.0 Å². The van der Waals surface area contributed by atoms with E-state index >= 15 is 0 Å². The van der Waals surface area contributed by atoms with E-state index in [0.717, 1.165) is 6.42 Å². The Balaban J connectivity index is 0.000000739. The predicted molar refractivity (Wildman–Crippen MR) is 114 cm³/mol. The highest BCUT2D eigenvalue weighted by Crippen LogP contribution is 2.18. The van der Waals surface area contributed by atoms with Gasteiger partial charge in [-0.3, -0.25) is 14.4 Å². The normalized spacial score (nSPS) is 11.5. The van der Waals surface area contributed by atoms with Gasteiger partial charge in [0.05, 0.1) is 24.3 Å². The van der Waals surface area contributed by atoms with Crippen molar-refractivity contribution in [1.82, 2.24) is 0 Å². The Labute approximate surface area is 188 Å². The molecule has 0 spiro atoms. The molecule has 9 nitrogen and oxygen atoms in total. The standard InChI is InChI=1S/C15H18O6.C8H13NO2/c1-3-11(2)14(17)19-8-9-20-15(18)12-6-4-5-7-13(12)21-10-16;1-3-7(2)8(10)11-6-4-5-9/h4-7,10-11H,3,8-9H2,1-2H3;7H,3-4,6H2,1-2H3. The monoisotopic (exact) mass is 449 g/mol. The fraction of sp³-hybridized carbons (Fsp3) is 0.522. The molecule has 1 aromatic carbocycles. The summed E-state index contributed by atoms with van der Waals surface area (Å²) in [7, 11) is 0. The van der Waals surface area contributed by atoms with Crippen LogP contribution in [0.1, 0.15) is 57.3 Å². The molecule has 0 heterocycles. The van der Waals surface area contributed by atoms with Gasteiger partial charge in [0.1, 0.15) is 31.1 Å². The molecule has 0 saturated heterocycles. The Morgan fingerprint density at radius 3 is 2.00 bits per heavy atom. The van der Waals surface area contributed by atoms with Gasteiger partial charge < -0.3 is 18.9 Å². The van der Waals surface area contributed by atoms with Gasteiger partial charge in [-0.2, -0.15) is 5.26 Å². The quantitative estimate of drug-likeness (QED) is 0.204. The summed E-state index contributed by atoms with van der Waals surface area (Å²) in [5.74, 6) is -1.28. The van der Waals surface area contributed by atoms with Crippen molar-refractivity contribution >= 4 is 24.4 Å². The van der Waals surface area contributed by atoms with Crippen LogP contribution in [-0.4, -0.2) is 44.2 Å². The minimum Gasteiger partial charge on any atom is -0.464 e. The maximum atomic E-state index is 11.8. The van der Waals surface area contributed by atoms with Crippen LogP contribution >= 0.6 is 0 Å². The summed E-state index contributed by atoms with van der Waals surface area (Å²) < 4.78 is 19.4. The van der Waals surface area contributed by atoms with E-state index in [9.17, 15) is 19.2 Å². The second-order valence-electron chi connectivity index (χ2n) is 6.71. The molecule has 0 radical (unpaired) electrons. The summed E-state index contributed by atoms with van der Waals surface area (Å²) in [4.78, 5) is 44.5. The van der Waals surface area contributed by atoms with Gasteiger partial charge in [-0.1, -0.05) is 39.8 Å². The Hall–Kier alpha value is -3.41. The van der Waals surface area contributed by atoms with E-state index in [1.54, 1.807) is 19.1 Å². The van der Waals surface area contributed by atoms with Gasteiger partial charge in [0.15, 0.2) is 0 Å². The molecule has 2 unspecified atom stereocenters. The zero-order chi connectivity index (χ0) is 24.4. The average molecular weight is 450 g/mol. The largest absolute Gasteiger partial charge is 0.464 e. The third-order valence-corrected chi connectivity index (χ3v) is 4.33. The molecule has 0 aliphatic carbocycles. The van der Waals surface area contributed by atoms with Crippen LogP contribution in [0.5, 0.6) is 5.75 Å². The fourth-order valence-electron chi connectivity index (χ4n) is 1.96. The van der Waals surface area contributed by atoms with Crippen LogP contribution < -0.4 is 4.74 Å². The van der Waals surface area contributed by atoms with Gasteiger partial charge in [0.25, 0.3) is 6.47 Å². The lowest BCUT2D eigenvalue weighted by Gasteiger charge is -2.10. The number of rotatable bonds is 12. The molecule has 0 aliphatic heterocycles. The van der Waals surface area contributed by atoms with Crippen LogP contribution in [0.4, 0.5) is 0 Å². The van der Waals surface area contributed by atoms with E-state index in [1.165, 1.54) is 12.1 Å². The van der Waals surface area contributed by atoms with Gasteiger partial charge >= 0.3 is 17.9 Å². The van der Waals surface area contributed by atoms with Crippen molar-refractivity contribution in [1.29, 1.82) is 5.26 Å². The molecular formula is C23H31NO8. The van der Waals surface area contributed by atoms with Crippen molar-refractivity contribution in [3.8, 4) is 11.8 Å². The first-order valence-corrected chi connectivity index (χ1v) is 10.4. The lowest BCUT2D eigenvalue weighted by atomic mass is 10.1. The second kappa shape index (κ2) is 17.3. The summed E-state index contributed by atoms with van der Waals surface area (Å²) in [6.45, 7) is 7.78. The van der Waals surface area contributed by atoms with Crippen LogP contribution in [0, 0.1) is 23.2 Å². The SMILES string of the molecule is CCC(C)C(=O)OCCC#N.CCC(C)C(=O)OCCOC(=O)c1ccccc1OC=O. The van der Waals surface area contributed by atoms with Crippen LogP contribution in [0.15, 0.2) is 24.3 Å². The smallest absolute Gasteiger partial charge is 0.342 e. The number of carbonyl (C=O) groups excluding carboxylic acids is 4. The predicted octanol–water partition coefficient (Wildman–Crippen LogP) is 3.46. The third kappa shape index (κ3) is 11.7. The minimum atomic E-state index is -0.646. The number of nitrogens with zero attached hydrogens (tertiary/aromatic N) is 1. The van der Waals surface area contributed by atoms with Crippen molar-refractivity contribution in [3.05, 3.63) is 29.8 Å². The first-order chi connectivity index (χ1) is 15.3. The summed E-state index contributed by atoms with van der Waals surface area (Å²) >= 11 is 0. The van der Waals surface area contributed by atoms with Crippen LogP contribution in [0.25, 0.3) is 0 Å². The lowest BCUT2D eigenvalue weighted by molar-refractivity contribution is -0.149. The molecule has 0 aliphatic rings. The number of ether oxygens (including phenoxy) is 4. The Bertz CT molecular complexity index is 772. The molecule has 0 bridgehead atoms. The zero-order valence-electron chi connectivity index (χ0n) is 19.0. The number of nitriles is 1. The molecule has 0 N–H and O–H groups in total. The van der Waals surface area contributed by atoms with Gasteiger partial charge in [0, 0.05) is 0 Å². The molecule has 1 aromatic rings. The van der Waals surface area contributed by atoms with Crippen molar-refractivity contribution in [2.24, 2.45) is 11.8 Å². The van der Waals surface area contributed by atoms with Crippen molar-refractivity contribution < 1.29 is 38.1 Å². The average Bonchev–Trinajstić information content (AvgIpc) is 2.81. The second-order valence-corrected chi connectivity index (χ2v) is 6.71. The number of hydrogen-bond acceptors (Lipinski definition) is 9. The number of esters is 3. The zero-order valence-corrected chi connectivity index (χ0v) is 19.0. The highest BCUT2D eigenvalue weighted by atomic mass is 16.6. The Kier molecular flexibility index (Phi) is 15.4. The van der Waals surface area contributed by atoms with E-state index in [0.29, 0.717) is 6.42 Å². The van der Waals surface area contributed by atoms with Crippen molar-refractivity contribution in [2.75, 3.05) is 19.8 Å².